The number of methoxy groups -OCH3 is 1. The topological polar surface area (TPSA) is 70.0 Å². The summed E-state index contributed by atoms with van der Waals surface area (Å²) >= 11 is 0. The zero-order chi connectivity index (χ0) is 23.2. The molecule has 0 saturated carbocycles. The van der Waals surface area contributed by atoms with Gasteiger partial charge in [-0.25, -0.2) is 13.6 Å². The van der Waals surface area contributed by atoms with Gasteiger partial charge in [0.1, 0.15) is 28.8 Å². The van der Waals surface area contributed by atoms with Crippen molar-refractivity contribution in [2.24, 2.45) is 0 Å². The van der Waals surface area contributed by atoms with E-state index in [1.54, 1.807) is 19.4 Å². The standard InChI is InChI=1S/C24H26F2N4O3/c1-32-18-9-7-17(8-10-18)29-11-13-30(14-12-29)21(22-6-3-15-33-22)16-27-24(31)28-23-19(25)4-2-5-20(23)26/h2-10,15,21H,11-14,16H2,1H3,(H2,27,28,31)/t21-/m0/s1. The lowest BCUT2D eigenvalue weighted by molar-refractivity contribution is 0.162. The molecule has 0 unspecified atom stereocenters. The van der Waals surface area contributed by atoms with Gasteiger partial charge in [0.05, 0.1) is 19.4 Å². The van der Waals surface area contributed by atoms with E-state index < -0.39 is 23.4 Å². The number of nitrogens with zero attached hydrogens (tertiary/aromatic N) is 2. The molecule has 9 heteroatoms. The van der Waals surface area contributed by atoms with E-state index in [1.165, 1.54) is 6.07 Å². The average Bonchev–Trinajstić information content (AvgIpc) is 3.37. The van der Waals surface area contributed by atoms with Crippen molar-refractivity contribution >= 4 is 17.4 Å². The van der Waals surface area contributed by atoms with Gasteiger partial charge in [-0.2, -0.15) is 0 Å². The largest absolute Gasteiger partial charge is 0.497 e. The van der Waals surface area contributed by atoms with E-state index in [-0.39, 0.29) is 12.6 Å². The molecule has 1 fully saturated rings. The van der Waals surface area contributed by atoms with Crippen LogP contribution in [0.4, 0.5) is 25.0 Å². The molecule has 1 aliphatic heterocycles. The van der Waals surface area contributed by atoms with Gasteiger partial charge in [0.15, 0.2) is 0 Å². The summed E-state index contributed by atoms with van der Waals surface area (Å²) in [4.78, 5) is 16.9. The van der Waals surface area contributed by atoms with Gasteiger partial charge in [-0.15, -0.1) is 0 Å². The average molecular weight is 456 g/mol. The van der Waals surface area contributed by atoms with Gasteiger partial charge in [-0.05, 0) is 48.5 Å². The third-order valence-corrected chi connectivity index (χ3v) is 5.72. The molecular formula is C24H26F2N4O3. The second-order valence-corrected chi connectivity index (χ2v) is 7.68. The van der Waals surface area contributed by atoms with E-state index in [0.29, 0.717) is 5.76 Å². The minimum Gasteiger partial charge on any atom is -0.497 e. The summed E-state index contributed by atoms with van der Waals surface area (Å²) in [7, 11) is 1.64. The fourth-order valence-corrected chi connectivity index (χ4v) is 3.94. The highest BCUT2D eigenvalue weighted by atomic mass is 19.1. The van der Waals surface area contributed by atoms with Gasteiger partial charge >= 0.3 is 6.03 Å². The monoisotopic (exact) mass is 456 g/mol. The lowest BCUT2D eigenvalue weighted by atomic mass is 10.1. The number of benzene rings is 2. The number of halogens is 2. The number of amides is 2. The van der Waals surface area contributed by atoms with E-state index in [4.69, 9.17) is 9.15 Å². The molecule has 2 aromatic carbocycles. The smallest absolute Gasteiger partial charge is 0.319 e. The van der Waals surface area contributed by atoms with Gasteiger partial charge in [0.25, 0.3) is 0 Å². The van der Waals surface area contributed by atoms with Crippen molar-refractivity contribution in [1.82, 2.24) is 10.2 Å². The Bertz CT molecular complexity index is 1030. The molecule has 0 bridgehead atoms. The van der Waals surface area contributed by atoms with Crippen LogP contribution in [0.5, 0.6) is 5.75 Å². The molecule has 0 spiro atoms. The molecule has 3 aromatic rings. The Morgan fingerprint density at radius 1 is 1.03 bits per heavy atom. The molecule has 7 nitrogen and oxygen atoms in total. The number of hydrogen-bond acceptors (Lipinski definition) is 5. The second-order valence-electron chi connectivity index (χ2n) is 7.68. The first-order valence-electron chi connectivity index (χ1n) is 10.7. The Balaban J connectivity index is 1.37. The molecule has 0 radical (unpaired) electrons. The highest BCUT2D eigenvalue weighted by Crippen LogP contribution is 2.26. The molecule has 1 saturated heterocycles. The number of carbonyl (C=O) groups excluding carboxylic acids is 1. The number of anilines is 2. The van der Waals surface area contributed by atoms with Crippen LogP contribution in [0.1, 0.15) is 11.8 Å². The number of rotatable bonds is 7. The minimum atomic E-state index is -0.831. The third kappa shape index (κ3) is 5.43. The van der Waals surface area contributed by atoms with Crippen LogP contribution < -0.4 is 20.3 Å². The van der Waals surface area contributed by atoms with E-state index in [1.807, 2.05) is 30.3 Å². The zero-order valence-corrected chi connectivity index (χ0v) is 18.3. The maximum absolute atomic E-state index is 13.8. The number of carbonyl (C=O) groups is 1. The molecule has 2 N–H and O–H groups in total. The summed E-state index contributed by atoms with van der Waals surface area (Å²) in [6.07, 6.45) is 1.59. The Morgan fingerprint density at radius 3 is 2.33 bits per heavy atom. The molecule has 174 valence electrons. The van der Waals surface area contributed by atoms with Crippen molar-refractivity contribution < 1.29 is 22.7 Å². The molecule has 1 aliphatic rings. The van der Waals surface area contributed by atoms with Gasteiger partial charge in [0.2, 0.25) is 0 Å². The fraction of sp³-hybridized carbons (Fsp3) is 0.292. The van der Waals surface area contributed by atoms with Gasteiger partial charge in [0, 0.05) is 38.4 Å². The van der Waals surface area contributed by atoms with Crippen molar-refractivity contribution in [3.63, 3.8) is 0 Å². The molecule has 0 aliphatic carbocycles. The third-order valence-electron chi connectivity index (χ3n) is 5.72. The Morgan fingerprint density at radius 2 is 1.73 bits per heavy atom. The number of furan rings is 1. The minimum absolute atomic E-state index is 0.214. The fourth-order valence-electron chi connectivity index (χ4n) is 3.94. The van der Waals surface area contributed by atoms with Crippen molar-refractivity contribution in [1.29, 1.82) is 0 Å². The highest BCUT2D eigenvalue weighted by molar-refractivity contribution is 5.89. The summed E-state index contributed by atoms with van der Waals surface area (Å²) in [6, 6.07) is 14.1. The summed E-state index contributed by atoms with van der Waals surface area (Å²) < 4.78 is 38.5. The first-order chi connectivity index (χ1) is 16.0. The summed E-state index contributed by atoms with van der Waals surface area (Å²) in [6.45, 7) is 3.33. The van der Waals surface area contributed by atoms with E-state index in [9.17, 15) is 13.6 Å². The van der Waals surface area contributed by atoms with Gasteiger partial charge < -0.3 is 24.7 Å². The van der Waals surface area contributed by atoms with E-state index in [2.05, 4.69) is 20.4 Å². The lowest BCUT2D eigenvalue weighted by Gasteiger charge is -2.39. The molecule has 2 heterocycles. The van der Waals surface area contributed by atoms with Crippen LogP contribution >= 0.6 is 0 Å². The highest BCUT2D eigenvalue weighted by Gasteiger charge is 2.27. The number of para-hydroxylation sites is 1. The molecule has 1 atom stereocenters. The first-order valence-corrected chi connectivity index (χ1v) is 10.7. The van der Waals surface area contributed by atoms with E-state index in [0.717, 1.165) is 49.7 Å². The van der Waals surface area contributed by atoms with Crippen molar-refractivity contribution in [3.8, 4) is 5.75 Å². The van der Waals surface area contributed by atoms with E-state index >= 15 is 0 Å². The SMILES string of the molecule is COc1ccc(N2CCN([C@@H](CNC(=O)Nc3c(F)cccc3F)c3ccco3)CC2)cc1. The van der Waals surface area contributed by atoms with Crippen LogP contribution in [0.15, 0.2) is 65.3 Å². The number of piperazine rings is 1. The summed E-state index contributed by atoms with van der Waals surface area (Å²) in [5.41, 5.74) is 0.645. The molecular weight excluding hydrogens is 430 g/mol. The lowest BCUT2D eigenvalue weighted by Crippen LogP contribution is -2.50. The number of urea groups is 1. The van der Waals surface area contributed by atoms with Crippen molar-refractivity contribution in [2.45, 2.75) is 6.04 Å². The number of ether oxygens (including phenoxy) is 1. The van der Waals surface area contributed by atoms with Crippen LogP contribution in [-0.2, 0) is 0 Å². The molecule has 4 rings (SSSR count). The van der Waals surface area contributed by atoms with Crippen LogP contribution in [-0.4, -0.2) is 50.8 Å². The van der Waals surface area contributed by atoms with Gasteiger partial charge in [-0.1, -0.05) is 6.07 Å². The van der Waals surface area contributed by atoms with Crippen LogP contribution in [0, 0.1) is 11.6 Å². The number of hydrogen-bond donors (Lipinski definition) is 2. The Kier molecular flexibility index (Phi) is 7.09. The molecule has 33 heavy (non-hydrogen) atoms. The van der Waals surface area contributed by atoms with Gasteiger partial charge in [-0.3, -0.25) is 4.90 Å². The normalized spacial score (nSPS) is 15.2. The summed E-state index contributed by atoms with van der Waals surface area (Å²) in [5, 5.41) is 4.97. The molecule has 1 aromatic heterocycles. The van der Waals surface area contributed by atoms with Crippen LogP contribution in [0.3, 0.4) is 0 Å². The maximum Gasteiger partial charge on any atom is 0.319 e. The van der Waals surface area contributed by atoms with Crippen LogP contribution in [0.25, 0.3) is 0 Å². The molecule has 2 amide bonds. The predicted molar refractivity (Wildman–Crippen MR) is 122 cm³/mol. The quantitative estimate of drug-likeness (QED) is 0.556. The zero-order valence-electron chi connectivity index (χ0n) is 18.3. The second kappa shape index (κ2) is 10.4. The van der Waals surface area contributed by atoms with Crippen molar-refractivity contribution in [2.75, 3.05) is 50.1 Å². The van der Waals surface area contributed by atoms with Crippen LogP contribution in [0.2, 0.25) is 0 Å². The predicted octanol–water partition coefficient (Wildman–Crippen LogP) is 4.25. The maximum atomic E-state index is 13.8. The Hall–Kier alpha value is -3.59. The first kappa shape index (κ1) is 22.6. The van der Waals surface area contributed by atoms with Crippen molar-refractivity contribution in [3.05, 3.63) is 78.3 Å². The number of nitrogens with one attached hydrogen (secondary N) is 2. The Labute approximate surface area is 190 Å². The summed E-state index contributed by atoms with van der Waals surface area (Å²) in [5.74, 6) is -0.134.